The smallest absolute Gasteiger partial charge is 0.191 e. The minimum absolute atomic E-state index is 0.591. The van der Waals surface area contributed by atoms with Gasteiger partial charge in [-0.1, -0.05) is 12.1 Å². The SMILES string of the molecule is CN=C(NCCCn1c(C)nc2ccccc21)NCc1ccn(-c2ccc(OC)cc2)n1. The van der Waals surface area contributed by atoms with Crippen LogP contribution in [0, 0.1) is 6.92 Å². The van der Waals surface area contributed by atoms with Crippen LogP contribution in [-0.2, 0) is 13.1 Å². The number of imidazole rings is 1. The molecule has 0 amide bonds. The average molecular weight is 432 g/mol. The van der Waals surface area contributed by atoms with Crippen molar-refractivity contribution < 1.29 is 4.74 Å². The molecular weight excluding hydrogens is 402 g/mol. The first kappa shape index (κ1) is 21.4. The minimum atomic E-state index is 0.591. The fraction of sp³-hybridized carbons (Fsp3) is 0.292. The molecule has 0 atom stereocenters. The second-order valence-corrected chi connectivity index (χ2v) is 7.46. The largest absolute Gasteiger partial charge is 0.497 e. The third-order valence-corrected chi connectivity index (χ3v) is 5.34. The molecule has 166 valence electrons. The second kappa shape index (κ2) is 10.00. The highest BCUT2D eigenvalue weighted by Gasteiger charge is 2.07. The lowest BCUT2D eigenvalue weighted by Gasteiger charge is -2.12. The van der Waals surface area contributed by atoms with Crippen LogP contribution in [0.15, 0.2) is 65.8 Å². The van der Waals surface area contributed by atoms with Crippen LogP contribution in [0.3, 0.4) is 0 Å². The number of guanidine groups is 1. The van der Waals surface area contributed by atoms with Gasteiger partial charge in [0, 0.05) is 26.3 Å². The van der Waals surface area contributed by atoms with Crippen molar-refractivity contribution in [3.05, 3.63) is 72.3 Å². The van der Waals surface area contributed by atoms with E-state index in [0.717, 1.165) is 53.9 Å². The lowest BCUT2D eigenvalue weighted by molar-refractivity contribution is 0.414. The molecule has 2 aromatic carbocycles. The number of fused-ring (bicyclic) bond motifs is 1. The number of para-hydroxylation sites is 2. The standard InChI is InChI=1S/C24H29N7O/c1-18-28-22-7-4-5-8-23(22)30(18)15-6-14-26-24(25-2)27-17-19-13-16-31(29-19)20-9-11-21(32-3)12-10-20/h4-5,7-13,16H,6,14-15,17H2,1-3H3,(H2,25,26,27). The molecule has 32 heavy (non-hydrogen) atoms. The van der Waals surface area contributed by atoms with E-state index < -0.39 is 0 Å². The lowest BCUT2D eigenvalue weighted by Crippen LogP contribution is -2.37. The maximum atomic E-state index is 5.21. The molecule has 2 N–H and O–H groups in total. The first-order valence-corrected chi connectivity index (χ1v) is 10.7. The van der Waals surface area contributed by atoms with Gasteiger partial charge in [0.25, 0.3) is 0 Å². The summed E-state index contributed by atoms with van der Waals surface area (Å²) in [5, 5.41) is 11.3. The normalized spacial score (nSPS) is 11.7. The van der Waals surface area contributed by atoms with Crippen LogP contribution in [-0.4, -0.2) is 46.0 Å². The number of benzene rings is 2. The van der Waals surface area contributed by atoms with Crippen LogP contribution in [0.25, 0.3) is 16.7 Å². The number of hydrogen-bond acceptors (Lipinski definition) is 4. The Labute approximate surface area is 188 Å². The van der Waals surface area contributed by atoms with E-state index in [1.165, 1.54) is 5.52 Å². The molecule has 2 heterocycles. The summed E-state index contributed by atoms with van der Waals surface area (Å²) in [4.78, 5) is 8.95. The number of methoxy groups -OCH3 is 1. The number of rotatable bonds is 8. The summed E-state index contributed by atoms with van der Waals surface area (Å²) in [5.74, 6) is 2.63. The molecule has 0 fully saturated rings. The molecule has 4 aromatic rings. The van der Waals surface area contributed by atoms with Gasteiger partial charge in [-0.15, -0.1) is 0 Å². The molecule has 0 saturated carbocycles. The quantitative estimate of drug-likeness (QED) is 0.254. The molecular formula is C24H29N7O. The van der Waals surface area contributed by atoms with E-state index in [1.807, 2.05) is 47.3 Å². The molecule has 0 aliphatic rings. The summed E-state index contributed by atoms with van der Waals surface area (Å²) < 4.78 is 9.32. The van der Waals surface area contributed by atoms with Gasteiger partial charge in [0.2, 0.25) is 0 Å². The third-order valence-electron chi connectivity index (χ3n) is 5.34. The van der Waals surface area contributed by atoms with E-state index in [9.17, 15) is 0 Å². The fourth-order valence-corrected chi connectivity index (χ4v) is 3.65. The van der Waals surface area contributed by atoms with Crippen molar-refractivity contribution in [3.8, 4) is 11.4 Å². The predicted octanol–water partition coefficient (Wildman–Crippen LogP) is 3.29. The van der Waals surface area contributed by atoms with Gasteiger partial charge in [-0.3, -0.25) is 4.99 Å². The highest BCUT2D eigenvalue weighted by molar-refractivity contribution is 5.79. The molecule has 0 aliphatic carbocycles. The Balaban J connectivity index is 1.25. The molecule has 0 bridgehead atoms. The highest BCUT2D eigenvalue weighted by atomic mass is 16.5. The number of aryl methyl sites for hydroxylation is 2. The van der Waals surface area contributed by atoms with E-state index in [-0.39, 0.29) is 0 Å². The van der Waals surface area contributed by atoms with Crippen molar-refractivity contribution in [3.63, 3.8) is 0 Å². The Hall–Kier alpha value is -3.81. The molecule has 8 heteroatoms. The average Bonchev–Trinajstić information content (AvgIpc) is 3.43. The van der Waals surface area contributed by atoms with Crippen molar-refractivity contribution in [2.45, 2.75) is 26.4 Å². The number of hydrogen-bond donors (Lipinski definition) is 2. The number of aromatic nitrogens is 4. The third kappa shape index (κ3) is 4.91. The molecule has 8 nitrogen and oxygen atoms in total. The Morgan fingerprint density at radius 3 is 2.66 bits per heavy atom. The fourth-order valence-electron chi connectivity index (χ4n) is 3.65. The van der Waals surface area contributed by atoms with Gasteiger partial charge in [0.05, 0.1) is 36.1 Å². The summed E-state index contributed by atoms with van der Waals surface area (Å²) in [6.07, 6.45) is 2.92. The summed E-state index contributed by atoms with van der Waals surface area (Å²) in [6, 6.07) is 18.1. The van der Waals surface area contributed by atoms with Crippen LogP contribution in [0.5, 0.6) is 5.75 Å². The topological polar surface area (TPSA) is 81.3 Å². The summed E-state index contributed by atoms with van der Waals surface area (Å²) in [6.45, 7) is 4.36. The number of nitrogens with one attached hydrogen (secondary N) is 2. The minimum Gasteiger partial charge on any atom is -0.497 e. The molecule has 0 aliphatic heterocycles. The van der Waals surface area contributed by atoms with E-state index in [0.29, 0.717) is 6.54 Å². The molecule has 4 rings (SSSR count). The van der Waals surface area contributed by atoms with E-state index >= 15 is 0 Å². The molecule has 2 aromatic heterocycles. The molecule has 0 saturated heterocycles. The summed E-state index contributed by atoms with van der Waals surface area (Å²) in [7, 11) is 3.44. The number of ether oxygens (including phenoxy) is 1. The number of aliphatic imine (C=N–C) groups is 1. The van der Waals surface area contributed by atoms with Crippen molar-refractivity contribution >= 4 is 17.0 Å². The first-order chi connectivity index (χ1) is 15.7. The van der Waals surface area contributed by atoms with Gasteiger partial charge in [-0.05, 0) is 55.8 Å². The van der Waals surface area contributed by atoms with Crippen molar-refractivity contribution in [1.29, 1.82) is 0 Å². The van der Waals surface area contributed by atoms with Crippen molar-refractivity contribution in [2.75, 3.05) is 20.7 Å². The van der Waals surface area contributed by atoms with Gasteiger partial charge >= 0.3 is 0 Å². The maximum Gasteiger partial charge on any atom is 0.191 e. The monoisotopic (exact) mass is 431 g/mol. The van der Waals surface area contributed by atoms with Crippen LogP contribution in [0.1, 0.15) is 17.9 Å². The Morgan fingerprint density at radius 1 is 1.06 bits per heavy atom. The zero-order valence-electron chi connectivity index (χ0n) is 18.7. The van der Waals surface area contributed by atoms with Gasteiger partial charge in [-0.25, -0.2) is 9.67 Å². The summed E-state index contributed by atoms with van der Waals surface area (Å²) in [5.41, 5.74) is 4.15. The zero-order chi connectivity index (χ0) is 22.3. The van der Waals surface area contributed by atoms with Gasteiger partial charge < -0.3 is 19.9 Å². The van der Waals surface area contributed by atoms with Gasteiger partial charge in [-0.2, -0.15) is 5.10 Å². The van der Waals surface area contributed by atoms with Crippen LogP contribution in [0.2, 0.25) is 0 Å². The first-order valence-electron chi connectivity index (χ1n) is 10.7. The Kier molecular flexibility index (Phi) is 6.69. The molecule has 0 radical (unpaired) electrons. The van der Waals surface area contributed by atoms with Gasteiger partial charge in [0.15, 0.2) is 5.96 Å². The van der Waals surface area contributed by atoms with E-state index in [4.69, 9.17) is 4.74 Å². The van der Waals surface area contributed by atoms with Crippen LogP contribution in [0.4, 0.5) is 0 Å². The van der Waals surface area contributed by atoms with Gasteiger partial charge in [0.1, 0.15) is 11.6 Å². The Morgan fingerprint density at radius 2 is 1.88 bits per heavy atom. The predicted molar refractivity (Wildman–Crippen MR) is 127 cm³/mol. The van der Waals surface area contributed by atoms with Crippen LogP contribution >= 0.6 is 0 Å². The molecule has 0 spiro atoms. The zero-order valence-corrected chi connectivity index (χ0v) is 18.7. The van der Waals surface area contributed by atoms with Crippen LogP contribution < -0.4 is 15.4 Å². The molecule has 0 unspecified atom stereocenters. The second-order valence-electron chi connectivity index (χ2n) is 7.46. The van der Waals surface area contributed by atoms with Crippen molar-refractivity contribution in [2.24, 2.45) is 4.99 Å². The number of nitrogens with zero attached hydrogens (tertiary/aromatic N) is 5. The van der Waals surface area contributed by atoms with E-state index in [1.54, 1.807) is 14.2 Å². The Bertz CT molecular complexity index is 1190. The summed E-state index contributed by atoms with van der Waals surface area (Å²) >= 11 is 0. The van der Waals surface area contributed by atoms with E-state index in [2.05, 4.69) is 55.4 Å². The van der Waals surface area contributed by atoms with Crippen molar-refractivity contribution in [1.82, 2.24) is 30.0 Å². The maximum absolute atomic E-state index is 5.21. The lowest BCUT2D eigenvalue weighted by atomic mass is 10.3. The highest BCUT2D eigenvalue weighted by Crippen LogP contribution is 2.16.